The lowest BCUT2D eigenvalue weighted by atomic mass is 10.2. The summed E-state index contributed by atoms with van der Waals surface area (Å²) in [4.78, 5) is 45.9. The Bertz CT molecular complexity index is 543. The maximum atomic E-state index is 11.5. The van der Waals surface area contributed by atoms with E-state index in [1.807, 2.05) is 0 Å². The SMILES string of the molecule is CCCCCCOC(=O)C=CC(=O)OCCCCOC(=O)C=CC(=O)OCCCCCC. The average molecular weight is 455 g/mol. The highest BCUT2D eigenvalue weighted by molar-refractivity contribution is 5.92. The van der Waals surface area contributed by atoms with Crippen LogP contribution >= 0.6 is 0 Å². The van der Waals surface area contributed by atoms with Crippen LogP contribution in [0.4, 0.5) is 0 Å². The van der Waals surface area contributed by atoms with Crippen molar-refractivity contribution in [2.75, 3.05) is 26.4 Å². The Kier molecular flexibility index (Phi) is 19.8. The van der Waals surface area contributed by atoms with E-state index < -0.39 is 23.9 Å². The maximum Gasteiger partial charge on any atom is 0.331 e. The van der Waals surface area contributed by atoms with Gasteiger partial charge in [-0.05, 0) is 25.7 Å². The van der Waals surface area contributed by atoms with Crippen LogP contribution in [0.3, 0.4) is 0 Å². The summed E-state index contributed by atoms with van der Waals surface area (Å²) in [6.07, 6.45) is 13.2. The number of carbonyl (C=O) groups is 4. The Labute approximate surface area is 191 Å². The number of unbranched alkanes of at least 4 members (excludes halogenated alkanes) is 7. The molecule has 0 aromatic heterocycles. The Balaban J connectivity index is 3.70. The van der Waals surface area contributed by atoms with E-state index in [2.05, 4.69) is 13.8 Å². The Morgan fingerprint density at radius 3 is 0.938 bits per heavy atom. The predicted octanol–water partition coefficient (Wildman–Crippen LogP) is 4.21. The van der Waals surface area contributed by atoms with E-state index in [0.29, 0.717) is 26.1 Å². The molecule has 0 amide bonds. The molecule has 0 aromatic carbocycles. The molecule has 0 atom stereocenters. The quantitative estimate of drug-likeness (QED) is 0.124. The molecule has 0 aromatic rings. The van der Waals surface area contributed by atoms with Crippen molar-refractivity contribution in [3.8, 4) is 0 Å². The van der Waals surface area contributed by atoms with E-state index in [-0.39, 0.29) is 13.2 Å². The van der Waals surface area contributed by atoms with E-state index in [0.717, 1.165) is 75.7 Å². The highest BCUT2D eigenvalue weighted by Gasteiger charge is 2.03. The summed E-state index contributed by atoms with van der Waals surface area (Å²) in [6.45, 7) is 5.14. The third-order valence-electron chi connectivity index (χ3n) is 4.22. The fraction of sp³-hybridized carbons (Fsp3) is 0.667. The number of carbonyl (C=O) groups excluding carboxylic acids is 4. The summed E-state index contributed by atoms with van der Waals surface area (Å²) in [5.41, 5.74) is 0. The van der Waals surface area contributed by atoms with Crippen molar-refractivity contribution in [1.29, 1.82) is 0 Å². The van der Waals surface area contributed by atoms with Crippen molar-refractivity contribution in [3.63, 3.8) is 0 Å². The largest absolute Gasteiger partial charge is 0.463 e. The minimum Gasteiger partial charge on any atom is -0.463 e. The smallest absolute Gasteiger partial charge is 0.331 e. The van der Waals surface area contributed by atoms with Crippen molar-refractivity contribution >= 4 is 23.9 Å². The van der Waals surface area contributed by atoms with Crippen LogP contribution in [0.15, 0.2) is 24.3 Å². The van der Waals surface area contributed by atoms with Crippen LogP contribution in [0, 0.1) is 0 Å². The van der Waals surface area contributed by atoms with Gasteiger partial charge in [0, 0.05) is 24.3 Å². The van der Waals surface area contributed by atoms with Gasteiger partial charge in [0.15, 0.2) is 0 Å². The van der Waals surface area contributed by atoms with Gasteiger partial charge in [0.2, 0.25) is 0 Å². The van der Waals surface area contributed by atoms with Crippen LogP contribution in [0.1, 0.15) is 78.1 Å². The van der Waals surface area contributed by atoms with Crippen molar-refractivity contribution in [2.45, 2.75) is 78.1 Å². The molecule has 0 unspecified atom stereocenters. The molecular formula is C24H38O8. The van der Waals surface area contributed by atoms with E-state index in [9.17, 15) is 19.2 Å². The molecule has 0 saturated heterocycles. The topological polar surface area (TPSA) is 105 Å². The lowest BCUT2D eigenvalue weighted by Gasteiger charge is -2.04. The van der Waals surface area contributed by atoms with Gasteiger partial charge in [-0.15, -0.1) is 0 Å². The first-order valence-corrected chi connectivity index (χ1v) is 11.5. The van der Waals surface area contributed by atoms with E-state index in [4.69, 9.17) is 18.9 Å². The van der Waals surface area contributed by atoms with Gasteiger partial charge in [0.05, 0.1) is 26.4 Å². The zero-order chi connectivity index (χ0) is 23.9. The summed E-state index contributed by atoms with van der Waals surface area (Å²) in [5.74, 6) is -2.42. The first-order chi connectivity index (χ1) is 15.5. The molecule has 0 heterocycles. The standard InChI is InChI=1S/C24H38O8/c1-3-5-7-9-17-29-21(25)13-15-23(27)31-19-11-12-20-32-24(28)16-14-22(26)30-18-10-8-6-4-2/h13-16H,3-12,17-20H2,1-2H3. The van der Waals surface area contributed by atoms with E-state index >= 15 is 0 Å². The molecule has 0 aliphatic heterocycles. The van der Waals surface area contributed by atoms with Gasteiger partial charge < -0.3 is 18.9 Å². The van der Waals surface area contributed by atoms with Gasteiger partial charge in [-0.2, -0.15) is 0 Å². The van der Waals surface area contributed by atoms with E-state index in [1.165, 1.54) is 0 Å². The maximum absolute atomic E-state index is 11.5. The molecule has 0 N–H and O–H groups in total. The lowest BCUT2D eigenvalue weighted by Crippen LogP contribution is -2.08. The fourth-order valence-corrected chi connectivity index (χ4v) is 2.42. The Morgan fingerprint density at radius 1 is 0.438 bits per heavy atom. The fourth-order valence-electron chi connectivity index (χ4n) is 2.42. The van der Waals surface area contributed by atoms with Crippen molar-refractivity contribution < 1.29 is 38.1 Å². The summed E-state index contributed by atoms with van der Waals surface area (Å²) in [7, 11) is 0. The second-order valence-electron chi connectivity index (χ2n) is 7.17. The number of ether oxygens (including phenoxy) is 4. The minimum absolute atomic E-state index is 0.132. The van der Waals surface area contributed by atoms with Crippen LogP contribution in [0.5, 0.6) is 0 Å². The predicted molar refractivity (Wildman–Crippen MR) is 120 cm³/mol. The summed E-state index contributed by atoms with van der Waals surface area (Å²) >= 11 is 0. The van der Waals surface area contributed by atoms with Crippen LogP contribution in [0.25, 0.3) is 0 Å². The van der Waals surface area contributed by atoms with Crippen LogP contribution in [-0.2, 0) is 38.1 Å². The Morgan fingerprint density at radius 2 is 0.688 bits per heavy atom. The molecule has 0 aliphatic carbocycles. The van der Waals surface area contributed by atoms with Gasteiger partial charge >= 0.3 is 23.9 Å². The van der Waals surface area contributed by atoms with Crippen molar-refractivity contribution in [2.24, 2.45) is 0 Å². The molecule has 8 heteroatoms. The molecule has 8 nitrogen and oxygen atoms in total. The van der Waals surface area contributed by atoms with Crippen LogP contribution in [0.2, 0.25) is 0 Å². The van der Waals surface area contributed by atoms with Gasteiger partial charge in [0.1, 0.15) is 0 Å². The second-order valence-corrected chi connectivity index (χ2v) is 7.17. The summed E-state index contributed by atoms with van der Waals surface area (Å²) in [5, 5.41) is 0. The third kappa shape index (κ3) is 20.6. The number of rotatable bonds is 19. The van der Waals surface area contributed by atoms with E-state index in [1.54, 1.807) is 0 Å². The van der Waals surface area contributed by atoms with Gasteiger partial charge in [-0.3, -0.25) is 0 Å². The number of hydrogen-bond acceptors (Lipinski definition) is 8. The lowest BCUT2D eigenvalue weighted by molar-refractivity contribution is -0.141. The van der Waals surface area contributed by atoms with Gasteiger partial charge in [-0.25, -0.2) is 19.2 Å². The number of esters is 4. The zero-order valence-corrected chi connectivity index (χ0v) is 19.5. The molecule has 0 aliphatic rings. The van der Waals surface area contributed by atoms with Gasteiger partial charge in [0.25, 0.3) is 0 Å². The normalized spacial score (nSPS) is 10.9. The first kappa shape index (κ1) is 29.4. The average Bonchev–Trinajstić information content (AvgIpc) is 2.78. The molecule has 0 saturated carbocycles. The summed E-state index contributed by atoms with van der Waals surface area (Å²) in [6, 6.07) is 0. The Hall–Kier alpha value is -2.64. The van der Waals surface area contributed by atoms with Crippen LogP contribution < -0.4 is 0 Å². The molecule has 0 radical (unpaired) electrons. The van der Waals surface area contributed by atoms with Crippen molar-refractivity contribution in [3.05, 3.63) is 24.3 Å². The van der Waals surface area contributed by atoms with Gasteiger partial charge in [-0.1, -0.05) is 52.4 Å². The first-order valence-electron chi connectivity index (χ1n) is 11.5. The molecule has 0 rings (SSSR count). The highest BCUT2D eigenvalue weighted by Crippen LogP contribution is 2.00. The minimum atomic E-state index is -0.638. The molecular weight excluding hydrogens is 416 g/mol. The third-order valence-corrected chi connectivity index (χ3v) is 4.22. The zero-order valence-electron chi connectivity index (χ0n) is 19.5. The summed E-state index contributed by atoms with van der Waals surface area (Å²) < 4.78 is 19.8. The molecule has 0 spiro atoms. The van der Waals surface area contributed by atoms with Crippen LogP contribution in [-0.4, -0.2) is 50.3 Å². The second kappa shape index (κ2) is 21.6. The monoisotopic (exact) mass is 454 g/mol. The molecule has 0 fully saturated rings. The van der Waals surface area contributed by atoms with Crippen molar-refractivity contribution in [1.82, 2.24) is 0 Å². The molecule has 32 heavy (non-hydrogen) atoms. The number of hydrogen-bond donors (Lipinski definition) is 0. The molecule has 0 bridgehead atoms. The highest BCUT2D eigenvalue weighted by atomic mass is 16.5. The molecule has 182 valence electrons.